The van der Waals surface area contributed by atoms with Gasteiger partial charge in [0.15, 0.2) is 14.9 Å². The number of nitrogens with zero attached hydrogens (tertiary/aromatic N) is 3. The number of benzene rings is 3. The second kappa shape index (κ2) is 12.1. The maximum absolute atomic E-state index is 13.3. The molecule has 0 spiro atoms. The van der Waals surface area contributed by atoms with Gasteiger partial charge >= 0.3 is 0 Å². The molecule has 4 rings (SSSR count). The van der Waals surface area contributed by atoms with E-state index in [0.29, 0.717) is 29.1 Å². The second-order valence-corrected chi connectivity index (χ2v) is 13.9. The predicted molar refractivity (Wildman–Crippen MR) is 165 cm³/mol. The van der Waals surface area contributed by atoms with Gasteiger partial charge in [0.05, 0.1) is 28.3 Å². The van der Waals surface area contributed by atoms with Crippen molar-refractivity contribution in [2.75, 3.05) is 21.2 Å². The van der Waals surface area contributed by atoms with E-state index >= 15 is 0 Å². The molecular weight excluding hydrogens is 562 g/mol. The highest BCUT2D eigenvalue weighted by molar-refractivity contribution is 8.08. The van der Waals surface area contributed by atoms with Gasteiger partial charge in [-0.1, -0.05) is 50.2 Å². The van der Waals surface area contributed by atoms with Crippen LogP contribution in [0, 0.1) is 6.92 Å². The fourth-order valence-corrected chi connectivity index (χ4v) is 7.63. The summed E-state index contributed by atoms with van der Waals surface area (Å²) >= 11 is 0. The molecule has 0 unspecified atom stereocenters. The molecule has 0 saturated heterocycles. The predicted octanol–water partition coefficient (Wildman–Crippen LogP) is 4.51. The molecule has 216 valence electrons. The van der Waals surface area contributed by atoms with Crippen molar-refractivity contribution in [1.82, 2.24) is 9.78 Å². The van der Waals surface area contributed by atoms with E-state index in [4.69, 9.17) is 0 Å². The van der Waals surface area contributed by atoms with E-state index in [0.717, 1.165) is 33.9 Å². The number of hydrogen-bond donors (Lipinski definition) is 2. The highest BCUT2D eigenvalue weighted by Gasteiger charge is 2.28. The first-order valence-corrected chi connectivity index (χ1v) is 16.7. The lowest BCUT2D eigenvalue weighted by molar-refractivity contribution is 0.590. The zero-order valence-corrected chi connectivity index (χ0v) is 25.0. The smallest absolute Gasteiger partial charge is 0.280 e. The topological polar surface area (TPSA) is 134 Å². The normalized spacial score (nSPS) is 12.1. The van der Waals surface area contributed by atoms with Gasteiger partial charge in [-0.15, -0.1) is 0 Å². The minimum Gasteiger partial charge on any atom is -0.295 e. The van der Waals surface area contributed by atoms with Crippen molar-refractivity contribution >= 4 is 43.1 Å². The molecular formula is C29H33N5O5S2. The number of sulfone groups is 1. The van der Waals surface area contributed by atoms with Crippen molar-refractivity contribution in [1.29, 1.82) is 0 Å². The highest BCUT2D eigenvalue weighted by Crippen LogP contribution is 2.25. The Balaban J connectivity index is 1.70. The number of hydrogen-bond acceptors (Lipinski definition) is 7. The third kappa shape index (κ3) is 6.95. The average Bonchev–Trinajstić information content (AvgIpc) is 3.22. The summed E-state index contributed by atoms with van der Waals surface area (Å²) in [7, 11) is -8.21. The van der Waals surface area contributed by atoms with Gasteiger partial charge in [-0.2, -0.15) is 4.41 Å². The maximum Gasteiger partial charge on any atom is 0.280 e. The number of hydrazine groups is 1. The quantitative estimate of drug-likeness (QED) is 0.194. The summed E-state index contributed by atoms with van der Waals surface area (Å²) in [6.07, 6.45) is 3.86. The molecule has 0 fully saturated rings. The molecule has 3 aromatic carbocycles. The number of anilines is 2. The first-order valence-electron chi connectivity index (χ1n) is 13.0. The standard InChI is InChI=1S/C29H33N5O5S2/c1-5-22-11-7-9-13-27(22)30-19-26-21(3)31-33(29(26)35)24-15-17-25(18-16-24)34(41(38,39)20-40(4,36)37)32-28-14-10-8-12-23(28)6-2/h7-19,31-32H,5-6,20H2,1-4H3. The van der Waals surface area contributed by atoms with Crippen LogP contribution in [0.4, 0.5) is 17.1 Å². The number of aryl methyl sites for hydroxylation is 3. The molecule has 4 aromatic rings. The summed E-state index contributed by atoms with van der Waals surface area (Å²) in [5.74, 6) is 0. The Hall–Kier alpha value is -4.16. The van der Waals surface area contributed by atoms with Crippen molar-refractivity contribution in [3.05, 3.63) is 106 Å². The summed E-state index contributed by atoms with van der Waals surface area (Å²) in [4.78, 5) is 17.8. The Labute approximate surface area is 240 Å². The molecule has 0 aliphatic rings. The number of H-pyrrole nitrogens is 1. The fraction of sp³-hybridized carbons (Fsp3) is 0.241. The van der Waals surface area contributed by atoms with Crippen LogP contribution in [0.1, 0.15) is 36.2 Å². The van der Waals surface area contributed by atoms with E-state index in [2.05, 4.69) is 15.5 Å². The lowest BCUT2D eigenvalue weighted by Crippen LogP contribution is -2.40. The van der Waals surface area contributed by atoms with Crippen molar-refractivity contribution in [2.24, 2.45) is 4.99 Å². The fourth-order valence-electron chi connectivity index (χ4n) is 4.37. The maximum atomic E-state index is 13.3. The SMILES string of the molecule is CCc1ccccc1N=Cc1c(C)[nH]n(-c2ccc(N(Nc3ccccc3CC)S(=O)(=O)CS(C)(=O)=O)cc2)c1=O. The van der Waals surface area contributed by atoms with E-state index in [1.165, 1.54) is 16.8 Å². The monoisotopic (exact) mass is 595 g/mol. The molecule has 2 N–H and O–H groups in total. The molecule has 0 amide bonds. The van der Waals surface area contributed by atoms with Crippen LogP contribution in [-0.2, 0) is 32.7 Å². The molecule has 0 aliphatic heterocycles. The molecule has 10 nitrogen and oxygen atoms in total. The molecule has 0 bridgehead atoms. The minimum absolute atomic E-state index is 0.178. The zero-order chi connectivity index (χ0) is 29.8. The Kier molecular flexibility index (Phi) is 8.83. The van der Waals surface area contributed by atoms with Crippen LogP contribution in [0.5, 0.6) is 0 Å². The van der Waals surface area contributed by atoms with Gasteiger partial charge in [0, 0.05) is 18.2 Å². The summed E-state index contributed by atoms with van der Waals surface area (Å²) in [5.41, 5.74) is 7.47. The van der Waals surface area contributed by atoms with Crippen LogP contribution < -0.4 is 15.4 Å². The lowest BCUT2D eigenvalue weighted by atomic mass is 10.1. The van der Waals surface area contributed by atoms with E-state index < -0.39 is 24.9 Å². The van der Waals surface area contributed by atoms with Crippen molar-refractivity contribution in [3.8, 4) is 5.69 Å². The Morgan fingerprint density at radius 2 is 1.51 bits per heavy atom. The summed E-state index contributed by atoms with van der Waals surface area (Å²) in [5, 5.41) is 1.96. The zero-order valence-electron chi connectivity index (χ0n) is 23.3. The van der Waals surface area contributed by atoms with Gasteiger partial charge in [-0.3, -0.25) is 20.3 Å². The highest BCUT2D eigenvalue weighted by atomic mass is 32.3. The third-order valence-corrected chi connectivity index (χ3v) is 10.2. The molecule has 41 heavy (non-hydrogen) atoms. The molecule has 0 radical (unpaired) electrons. The Morgan fingerprint density at radius 1 is 0.902 bits per heavy atom. The number of para-hydroxylation sites is 2. The first kappa shape index (κ1) is 29.8. The molecule has 12 heteroatoms. The summed E-state index contributed by atoms with van der Waals surface area (Å²) < 4.78 is 52.6. The van der Waals surface area contributed by atoms with Gasteiger partial charge in [-0.25, -0.2) is 21.5 Å². The Bertz CT molecular complexity index is 1840. The number of nitrogens with one attached hydrogen (secondary N) is 2. The third-order valence-electron chi connectivity index (χ3n) is 6.43. The Morgan fingerprint density at radius 3 is 2.15 bits per heavy atom. The van der Waals surface area contributed by atoms with Crippen LogP contribution in [-0.4, -0.2) is 44.2 Å². The molecule has 1 heterocycles. The summed E-state index contributed by atoms with van der Waals surface area (Å²) in [6.45, 7) is 5.74. The van der Waals surface area contributed by atoms with Gasteiger partial charge < -0.3 is 0 Å². The lowest BCUT2D eigenvalue weighted by Gasteiger charge is -2.26. The number of aromatic amines is 1. The van der Waals surface area contributed by atoms with E-state index in [1.807, 2.05) is 50.2 Å². The second-order valence-electron chi connectivity index (χ2n) is 9.59. The summed E-state index contributed by atoms with van der Waals surface area (Å²) in [6, 6.07) is 21.1. The van der Waals surface area contributed by atoms with Crippen molar-refractivity contribution in [2.45, 2.75) is 33.6 Å². The van der Waals surface area contributed by atoms with E-state index in [1.54, 1.807) is 37.4 Å². The van der Waals surface area contributed by atoms with Crippen LogP contribution in [0.25, 0.3) is 5.69 Å². The molecule has 0 saturated carbocycles. The van der Waals surface area contributed by atoms with Crippen LogP contribution in [0.3, 0.4) is 0 Å². The van der Waals surface area contributed by atoms with Crippen molar-refractivity contribution in [3.63, 3.8) is 0 Å². The largest absolute Gasteiger partial charge is 0.295 e. The van der Waals surface area contributed by atoms with Gasteiger partial charge in [0.25, 0.3) is 15.6 Å². The first-order chi connectivity index (χ1) is 19.4. The van der Waals surface area contributed by atoms with Gasteiger partial charge in [0.2, 0.25) is 0 Å². The van der Waals surface area contributed by atoms with E-state index in [9.17, 15) is 21.6 Å². The average molecular weight is 596 g/mol. The van der Waals surface area contributed by atoms with Crippen LogP contribution >= 0.6 is 0 Å². The van der Waals surface area contributed by atoms with Crippen molar-refractivity contribution < 1.29 is 16.8 Å². The van der Waals surface area contributed by atoms with E-state index in [-0.39, 0.29) is 11.2 Å². The number of rotatable bonds is 11. The minimum atomic E-state index is -4.34. The molecule has 0 atom stereocenters. The molecule has 0 aliphatic carbocycles. The van der Waals surface area contributed by atoms with Gasteiger partial charge in [0.1, 0.15) is 0 Å². The number of aliphatic imine (C=N–C) groups is 1. The van der Waals surface area contributed by atoms with Gasteiger partial charge in [-0.05, 0) is 67.3 Å². The number of aromatic nitrogens is 2. The van der Waals surface area contributed by atoms with Crippen LogP contribution in [0.15, 0.2) is 82.6 Å². The molecule has 1 aromatic heterocycles. The van der Waals surface area contributed by atoms with Crippen LogP contribution in [0.2, 0.25) is 0 Å². The number of sulfonamides is 1.